The van der Waals surface area contributed by atoms with Crippen molar-refractivity contribution in [3.63, 3.8) is 0 Å². The summed E-state index contributed by atoms with van der Waals surface area (Å²) in [6.45, 7) is 4.94. The van der Waals surface area contributed by atoms with Gasteiger partial charge in [0.15, 0.2) is 0 Å². The zero-order valence-corrected chi connectivity index (χ0v) is 40.8. The van der Waals surface area contributed by atoms with Crippen LogP contribution in [-0.2, 0) is 46.9 Å². The number of fused-ring (bicyclic) bond motifs is 2. The molecule has 3 aliphatic heterocycles. The third-order valence-electron chi connectivity index (χ3n) is 12.6. The maximum Gasteiger partial charge on any atom is 0.416 e. The van der Waals surface area contributed by atoms with Crippen molar-refractivity contribution >= 4 is 76.1 Å². The Morgan fingerprint density at radius 2 is 1.69 bits per heavy atom. The summed E-state index contributed by atoms with van der Waals surface area (Å²) in [5, 5.41) is 7.79. The number of piperidine rings is 1. The molecule has 7 rings (SSSR count). The molecular weight excluding hydrogens is 991 g/mol. The molecule has 0 aliphatic carbocycles. The molecule has 4 heterocycles. The van der Waals surface area contributed by atoms with Crippen molar-refractivity contribution in [2.24, 2.45) is 5.41 Å². The molecule has 23 heteroatoms. The summed E-state index contributed by atoms with van der Waals surface area (Å²) in [5.74, 6) is 2.08. The smallest absolute Gasteiger partial charge is 0.356 e. The summed E-state index contributed by atoms with van der Waals surface area (Å²) in [6.07, 6.45) is -3.66. The Morgan fingerprint density at radius 3 is 2.39 bits per heavy atom. The topological polar surface area (TPSA) is 223 Å². The van der Waals surface area contributed by atoms with Gasteiger partial charge in [0.05, 0.1) is 10.4 Å². The van der Waals surface area contributed by atoms with Gasteiger partial charge in [-0.05, 0) is 90.6 Å². The molecule has 0 saturated carbocycles. The zero-order valence-electron chi connectivity index (χ0n) is 39.1. The lowest BCUT2D eigenvalue weighted by atomic mass is 9.85. The van der Waals surface area contributed by atoms with E-state index in [-0.39, 0.29) is 73.7 Å². The Hall–Kier alpha value is -6.53. The second-order valence-corrected chi connectivity index (χ2v) is 21.4. The normalized spacial score (nSPS) is 17.8. The second kappa shape index (κ2) is 20.9. The molecule has 3 aliphatic rings. The van der Waals surface area contributed by atoms with Crippen molar-refractivity contribution in [2.75, 3.05) is 24.5 Å². The lowest BCUT2D eigenvalue weighted by Crippen LogP contribution is -2.58. The first-order valence-electron chi connectivity index (χ1n) is 22.9. The van der Waals surface area contributed by atoms with Crippen LogP contribution in [0.3, 0.4) is 0 Å². The van der Waals surface area contributed by atoms with E-state index in [4.69, 9.17) is 0 Å². The zero-order chi connectivity index (χ0) is 52.5. The number of carbonyl (C=O) groups is 7. The van der Waals surface area contributed by atoms with Crippen LogP contribution < -0.4 is 20.9 Å². The first kappa shape index (κ1) is 53.3. The van der Waals surface area contributed by atoms with Crippen LogP contribution in [0.1, 0.15) is 108 Å². The van der Waals surface area contributed by atoms with E-state index in [0.29, 0.717) is 40.7 Å². The highest BCUT2D eigenvalue weighted by Crippen LogP contribution is 2.59. The van der Waals surface area contributed by atoms with Gasteiger partial charge < -0.3 is 35.1 Å². The summed E-state index contributed by atoms with van der Waals surface area (Å²) in [4.78, 5) is 115. The number of benzene rings is 3. The van der Waals surface area contributed by atoms with Crippen LogP contribution in [0.5, 0.6) is 0 Å². The van der Waals surface area contributed by atoms with Crippen molar-refractivity contribution in [2.45, 2.75) is 102 Å². The van der Waals surface area contributed by atoms with Crippen molar-refractivity contribution in [3.05, 3.63) is 99.4 Å². The Labute approximate surface area is 413 Å². The van der Waals surface area contributed by atoms with Crippen LogP contribution in [0, 0.1) is 17.3 Å². The van der Waals surface area contributed by atoms with E-state index in [1.54, 1.807) is 39.0 Å². The Balaban J connectivity index is 1.00. The van der Waals surface area contributed by atoms with Crippen molar-refractivity contribution in [1.82, 2.24) is 25.8 Å². The number of halogens is 5. The predicted molar refractivity (Wildman–Crippen MR) is 253 cm³/mol. The SMILES string of the molecule is CC(C)(C)[C@H](NC(=O)c1cc2cc(C(F)(F)P(=O)(O)O)ccc2s1)C(=O)N1CCC[C@H]1C(=O)N(CCC(=O)NCCCC#Cc1cccc2c1CN(C1CCC(=O)NC1=O)C2=O)c1cccc(C(F)(F)F)c1. The van der Waals surface area contributed by atoms with Gasteiger partial charge in [0.25, 0.3) is 11.8 Å². The number of rotatable bonds is 14. The summed E-state index contributed by atoms with van der Waals surface area (Å²) in [7, 11) is -5.88. The number of thiophene rings is 1. The standard InChI is InChI=1S/C49H50F5N6O10PS/c1-47(2,3)41(57-43(64)38-25-29-24-31(16-18-37(29)72-38)49(53,54)71(68,69)70)46(67)59-22-9-15-36(59)45(66)58(32-13-8-12-30(26-32)48(50,51)52)23-20-39(61)55-21-6-4-5-10-28-11-7-14-33-34(28)27-60(44(33)65)35-17-19-40(62)56-42(35)63/h7-8,11-14,16,18,24-26,35-36,41H,4,6,9,15,17,19-23,27H2,1-3H3,(H,55,61)(H,57,64)(H,56,62,63)(H2,68,69,70)/t35?,36-,41+/m0/s1. The first-order valence-corrected chi connectivity index (χ1v) is 25.3. The van der Waals surface area contributed by atoms with E-state index < -0.39 is 89.5 Å². The molecule has 16 nitrogen and oxygen atoms in total. The maximum absolute atomic E-state index is 14.5. The van der Waals surface area contributed by atoms with Gasteiger partial charge >= 0.3 is 19.4 Å². The molecule has 0 radical (unpaired) electrons. The summed E-state index contributed by atoms with van der Waals surface area (Å²) in [5.41, 5.74) is -6.01. The summed E-state index contributed by atoms with van der Waals surface area (Å²) < 4.78 is 82.7. The van der Waals surface area contributed by atoms with E-state index in [2.05, 4.69) is 27.8 Å². The number of nitrogens with zero attached hydrogens (tertiary/aromatic N) is 3. The minimum Gasteiger partial charge on any atom is -0.356 e. The van der Waals surface area contributed by atoms with Gasteiger partial charge in [-0.1, -0.05) is 50.8 Å². The van der Waals surface area contributed by atoms with E-state index in [1.807, 2.05) is 0 Å². The van der Waals surface area contributed by atoms with Crippen molar-refractivity contribution < 1.29 is 69.9 Å². The highest BCUT2D eigenvalue weighted by atomic mass is 32.1. The van der Waals surface area contributed by atoms with E-state index in [1.165, 1.54) is 28.0 Å². The number of hydrogen-bond acceptors (Lipinski definition) is 9. The molecule has 2 fully saturated rings. The number of nitrogens with one attached hydrogen (secondary N) is 3. The highest BCUT2D eigenvalue weighted by Gasteiger charge is 2.50. The number of alkyl halides is 5. The summed E-state index contributed by atoms with van der Waals surface area (Å²) in [6, 6.07) is 9.93. The summed E-state index contributed by atoms with van der Waals surface area (Å²) >= 11 is 0.879. The lowest BCUT2D eigenvalue weighted by molar-refractivity contribution is -0.141. The molecule has 2 saturated heterocycles. The molecule has 3 atom stereocenters. The fraction of sp³-hybridized carbons (Fsp3) is 0.408. The quantitative estimate of drug-likeness (QED) is 0.0307. The molecule has 5 N–H and O–H groups in total. The first-order chi connectivity index (χ1) is 33.8. The molecule has 0 bridgehead atoms. The Morgan fingerprint density at radius 1 is 0.958 bits per heavy atom. The van der Waals surface area contributed by atoms with Gasteiger partial charge in [-0.15, -0.1) is 11.3 Å². The average molecular weight is 1040 g/mol. The molecule has 382 valence electrons. The van der Waals surface area contributed by atoms with Crippen molar-refractivity contribution in [3.8, 4) is 11.8 Å². The van der Waals surface area contributed by atoms with Crippen LogP contribution in [0.2, 0.25) is 0 Å². The Bertz CT molecular complexity index is 2960. The highest BCUT2D eigenvalue weighted by molar-refractivity contribution is 7.52. The van der Waals surface area contributed by atoms with Crippen LogP contribution in [0.25, 0.3) is 10.1 Å². The van der Waals surface area contributed by atoms with Gasteiger partial charge in [-0.25, -0.2) is 0 Å². The molecule has 1 unspecified atom stereocenters. The molecule has 0 spiro atoms. The van der Waals surface area contributed by atoms with Crippen LogP contribution >= 0.6 is 18.9 Å². The van der Waals surface area contributed by atoms with Gasteiger partial charge in [0, 0.05) is 72.5 Å². The number of amides is 7. The van der Waals surface area contributed by atoms with Crippen LogP contribution in [0.4, 0.5) is 27.6 Å². The van der Waals surface area contributed by atoms with Crippen LogP contribution in [-0.4, -0.2) is 98.7 Å². The van der Waals surface area contributed by atoms with Gasteiger partial charge in [-0.3, -0.25) is 43.4 Å². The number of imide groups is 1. The monoisotopic (exact) mass is 1040 g/mol. The maximum atomic E-state index is 14.5. The molecule has 7 amide bonds. The number of hydrogen-bond donors (Lipinski definition) is 5. The Kier molecular flexibility index (Phi) is 15.5. The fourth-order valence-corrected chi connectivity index (χ4v) is 10.2. The number of carbonyl (C=O) groups excluding carboxylic acids is 7. The second-order valence-electron chi connectivity index (χ2n) is 18.7. The van der Waals surface area contributed by atoms with Crippen molar-refractivity contribution in [1.29, 1.82) is 0 Å². The van der Waals surface area contributed by atoms with Gasteiger partial charge in [0.1, 0.15) is 18.1 Å². The van der Waals surface area contributed by atoms with Crippen LogP contribution in [0.15, 0.2) is 66.7 Å². The van der Waals surface area contributed by atoms with E-state index in [0.717, 1.165) is 46.6 Å². The number of likely N-dealkylation sites (tertiary alicyclic amines) is 1. The van der Waals surface area contributed by atoms with Gasteiger partial charge in [-0.2, -0.15) is 22.0 Å². The molecule has 4 aromatic rings. The molecule has 3 aromatic carbocycles. The molecule has 1 aromatic heterocycles. The fourth-order valence-electron chi connectivity index (χ4n) is 8.78. The van der Waals surface area contributed by atoms with Gasteiger partial charge in [0.2, 0.25) is 29.5 Å². The minimum absolute atomic E-state index is 0.0185. The minimum atomic E-state index is -5.88. The number of unbranched alkanes of at least 4 members (excludes halogenated alkanes) is 1. The molecule has 72 heavy (non-hydrogen) atoms. The average Bonchev–Trinajstić information content (AvgIpc) is 4.06. The predicted octanol–water partition coefficient (Wildman–Crippen LogP) is 6.42. The largest absolute Gasteiger partial charge is 0.416 e. The third kappa shape index (κ3) is 11.5. The third-order valence-corrected chi connectivity index (χ3v) is 14.7. The van der Waals surface area contributed by atoms with E-state index in [9.17, 15) is 69.9 Å². The molecular formula is C49H50F5N6O10PS. The number of anilines is 1. The van der Waals surface area contributed by atoms with E-state index >= 15 is 0 Å². The lowest BCUT2D eigenvalue weighted by Gasteiger charge is -2.36.